The summed E-state index contributed by atoms with van der Waals surface area (Å²) >= 11 is 0. The summed E-state index contributed by atoms with van der Waals surface area (Å²) in [5, 5.41) is 11.8. The number of ether oxygens (including phenoxy) is 1. The highest BCUT2D eigenvalue weighted by molar-refractivity contribution is 5.31. The van der Waals surface area contributed by atoms with Gasteiger partial charge < -0.3 is 14.7 Å². The molecule has 0 unspecified atom stereocenters. The second kappa shape index (κ2) is 6.59. The fourth-order valence-electron chi connectivity index (χ4n) is 1.91. The monoisotopic (exact) mass is 291 g/mol. The molecule has 3 heteroatoms. The summed E-state index contributed by atoms with van der Waals surface area (Å²) < 4.78 is 118. The molecule has 0 aromatic heterocycles. The third kappa shape index (κ3) is 3.53. The van der Waals surface area contributed by atoms with E-state index in [1.165, 1.54) is 19.0 Å². The first-order valence-electron chi connectivity index (χ1n) is 13.0. The van der Waals surface area contributed by atoms with Crippen molar-refractivity contribution in [2.75, 3.05) is 27.7 Å². The molecule has 1 atom stereocenters. The predicted octanol–water partition coefficient (Wildman–Crippen LogP) is 3.04. The fourth-order valence-corrected chi connectivity index (χ4v) is 1.91. The van der Waals surface area contributed by atoms with Crippen LogP contribution in [0.15, 0.2) is 24.3 Å². The van der Waals surface area contributed by atoms with Crippen LogP contribution in [0.2, 0.25) is 0 Å². The second-order valence-corrected chi connectivity index (χ2v) is 4.68. The standard InChI is InChI=1S/C17H27NO2/c1-18(2)13-16(17(19)11-5-4-6-12-17)14-7-9-15(20-3)10-8-14/h7-10,16,19H,4-6,11-13H2,1-3H3/t16-/m1/s1/i3D3,4D2,5D2,6D2,11D2,12D2,16D. The lowest BCUT2D eigenvalue weighted by Crippen LogP contribution is -2.42. The molecule has 0 saturated heterocycles. The molecular weight excluding hydrogens is 250 g/mol. The molecule has 3 nitrogen and oxygen atoms in total. The first-order chi connectivity index (χ1) is 14.8. The first kappa shape index (κ1) is 5.29. The van der Waals surface area contributed by atoms with E-state index in [2.05, 4.69) is 0 Å². The quantitative estimate of drug-likeness (QED) is 0.905. The number of methoxy groups -OCH3 is 1. The van der Waals surface area contributed by atoms with Crippen LogP contribution in [0.3, 0.4) is 0 Å². The van der Waals surface area contributed by atoms with Gasteiger partial charge in [0, 0.05) is 27.5 Å². The van der Waals surface area contributed by atoms with Gasteiger partial charge in [0.25, 0.3) is 0 Å². The number of hydrogen-bond donors (Lipinski definition) is 1. The van der Waals surface area contributed by atoms with Crippen molar-refractivity contribution in [3.8, 4) is 5.75 Å². The lowest BCUT2D eigenvalue weighted by Gasteiger charge is -2.40. The SMILES string of the molecule is [2H]C([2H])([2H])Oc1ccc([C@@]([2H])(CN(C)C)C2(O)C([2H])([2H])C([2H])([2H])C([2H])([2H])C([2H])([2H])C2([2H])[2H])cc1. The first-order valence-corrected chi connectivity index (χ1v) is 6.02. The molecule has 0 amide bonds. The predicted molar refractivity (Wildman–Crippen MR) is 82.3 cm³/mol. The van der Waals surface area contributed by atoms with E-state index < -0.39 is 56.9 Å². The van der Waals surface area contributed by atoms with Gasteiger partial charge in [-0.2, -0.15) is 0 Å². The number of aliphatic hydroxyl groups is 1. The molecule has 1 N–H and O–H groups in total. The minimum absolute atomic E-state index is 0.181. The van der Waals surface area contributed by atoms with Crippen LogP contribution in [0.5, 0.6) is 5.75 Å². The van der Waals surface area contributed by atoms with E-state index in [4.69, 9.17) is 23.9 Å². The Morgan fingerprint density at radius 3 is 2.55 bits per heavy atom. The Balaban J connectivity index is 2.90. The number of hydrogen-bond acceptors (Lipinski definition) is 3. The van der Waals surface area contributed by atoms with E-state index in [0.29, 0.717) is 0 Å². The van der Waals surface area contributed by atoms with Crippen molar-refractivity contribution < 1.29 is 29.0 Å². The van der Waals surface area contributed by atoms with Gasteiger partial charge in [-0.1, -0.05) is 31.3 Å². The Morgan fingerprint density at radius 1 is 1.35 bits per heavy atom. The summed E-state index contributed by atoms with van der Waals surface area (Å²) in [5.41, 5.74) is -4.09. The Kier molecular flexibility index (Phi) is 1.74. The normalized spacial score (nSPS) is 45.0. The van der Waals surface area contributed by atoms with Crippen LogP contribution >= 0.6 is 0 Å². The van der Waals surface area contributed by atoms with Gasteiger partial charge in [-0.3, -0.25) is 0 Å². The molecule has 0 bridgehead atoms. The molecule has 1 aliphatic rings. The zero-order valence-corrected chi connectivity index (χ0v) is 11.3. The minimum Gasteiger partial charge on any atom is -0.497 e. The van der Waals surface area contributed by atoms with Crippen LogP contribution in [-0.2, 0) is 0 Å². The van der Waals surface area contributed by atoms with Crippen molar-refractivity contribution in [2.24, 2.45) is 0 Å². The molecule has 1 aliphatic carbocycles. The van der Waals surface area contributed by atoms with Crippen molar-refractivity contribution in [1.82, 2.24) is 4.90 Å². The van der Waals surface area contributed by atoms with Gasteiger partial charge in [-0.15, -0.1) is 0 Å². The summed E-state index contributed by atoms with van der Waals surface area (Å²) in [5.74, 6) is -3.00. The summed E-state index contributed by atoms with van der Waals surface area (Å²) in [6.45, 7) is -0.642. The zero-order valence-electron chi connectivity index (χ0n) is 25.3. The highest BCUT2D eigenvalue weighted by Crippen LogP contribution is 2.40. The maximum absolute atomic E-state index is 11.8. The third-order valence-electron chi connectivity index (χ3n) is 2.84. The average Bonchev–Trinajstić information content (AvgIpc) is 2.64. The Bertz CT molecular complexity index is 882. The van der Waals surface area contributed by atoms with Gasteiger partial charge in [-0.05, 0) is 44.5 Å². The molecule has 0 aliphatic heterocycles. The number of likely N-dealkylation sites (N-methyl/N-ethyl adjacent to an activating group) is 1. The van der Waals surface area contributed by atoms with Crippen molar-refractivity contribution in [3.05, 3.63) is 29.8 Å². The fraction of sp³-hybridized carbons (Fsp3) is 0.647. The van der Waals surface area contributed by atoms with Crippen molar-refractivity contribution in [2.45, 2.75) is 43.4 Å². The molecule has 1 aromatic rings. The lowest BCUT2D eigenvalue weighted by molar-refractivity contribution is -0.0277. The Morgan fingerprint density at radius 2 is 2.00 bits per heavy atom. The summed E-state index contributed by atoms with van der Waals surface area (Å²) in [7, 11) is 0.0159. The number of rotatable bonds is 5. The van der Waals surface area contributed by atoms with E-state index in [-0.39, 0.29) is 11.3 Å². The van der Waals surface area contributed by atoms with Crippen LogP contribution in [0.25, 0.3) is 0 Å². The minimum atomic E-state index is -3.83. The maximum atomic E-state index is 11.8. The number of benzene rings is 1. The summed E-state index contributed by atoms with van der Waals surface area (Å²) in [6, 6.07) is 4.30. The second-order valence-electron chi connectivity index (χ2n) is 4.68. The van der Waals surface area contributed by atoms with Crippen LogP contribution in [0.4, 0.5) is 0 Å². The average molecular weight is 291 g/mol. The third-order valence-corrected chi connectivity index (χ3v) is 2.84. The van der Waals surface area contributed by atoms with Crippen LogP contribution in [-0.4, -0.2) is 43.3 Å². The van der Waals surface area contributed by atoms with Crippen LogP contribution < -0.4 is 4.74 Å². The lowest BCUT2D eigenvalue weighted by atomic mass is 9.72. The van der Waals surface area contributed by atoms with E-state index >= 15 is 0 Å². The molecule has 112 valence electrons. The van der Waals surface area contributed by atoms with Gasteiger partial charge in [0.2, 0.25) is 0 Å². The van der Waals surface area contributed by atoms with Gasteiger partial charge in [-0.25, -0.2) is 0 Å². The Hall–Kier alpha value is -1.06. The van der Waals surface area contributed by atoms with Crippen molar-refractivity contribution >= 4 is 0 Å². The smallest absolute Gasteiger partial charge is 0.118 e. The van der Waals surface area contributed by atoms with E-state index in [9.17, 15) is 5.11 Å². The maximum Gasteiger partial charge on any atom is 0.118 e. The molecule has 0 heterocycles. The van der Waals surface area contributed by atoms with Gasteiger partial charge in [0.05, 0.1) is 16.8 Å². The molecule has 0 radical (unpaired) electrons. The summed E-state index contributed by atoms with van der Waals surface area (Å²) in [6.07, 6.45) is -19.0. The van der Waals surface area contributed by atoms with E-state index in [1.54, 1.807) is 0 Å². The Labute approximate surface area is 142 Å². The zero-order chi connectivity index (χ0) is 27.0. The largest absolute Gasteiger partial charge is 0.497 e. The molecule has 1 saturated carbocycles. The van der Waals surface area contributed by atoms with Gasteiger partial charge >= 0.3 is 0 Å². The molecule has 1 aromatic carbocycles. The topological polar surface area (TPSA) is 32.7 Å². The molecule has 1 fully saturated rings. The highest BCUT2D eigenvalue weighted by Gasteiger charge is 2.38. The van der Waals surface area contributed by atoms with E-state index in [0.717, 1.165) is 24.3 Å². The molecule has 20 heavy (non-hydrogen) atoms. The van der Waals surface area contributed by atoms with Crippen molar-refractivity contribution in [1.29, 1.82) is 0 Å². The van der Waals surface area contributed by atoms with Crippen molar-refractivity contribution in [3.63, 3.8) is 0 Å². The van der Waals surface area contributed by atoms with E-state index in [1.807, 2.05) is 0 Å². The molecule has 0 spiro atoms. The highest BCUT2D eigenvalue weighted by atomic mass is 16.5. The molecule has 2 rings (SSSR count). The van der Waals surface area contributed by atoms with Crippen LogP contribution in [0.1, 0.15) is 62.5 Å². The van der Waals surface area contributed by atoms with Crippen LogP contribution in [0, 0.1) is 0 Å². The van der Waals surface area contributed by atoms with Gasteiger partial charge in [0.1, 0.15) is 5.75 Å². The number of nitrogens with zero attached hydrogens (tertiary/aromatic N) is 1. The van der Waals surface area contributed by atoms with Gasteiger partial charge in [0.15, 0.2) is 0 Å². The summed E-state index contributed by atoms with van der Waals surface area (Å²) in [4.78, 5) is 1.28. The molecular formula is C17H27NO2.